The SMILES string of the molecule is C/C=C/CN1CCC(NC(N)=O)C1. The van der Waals surface area contributed by atoms with E-state index in [0.717, 1.165) is 26.1 Å². The third kappa shape index (κ3) is 3.46. The van der Waals surface area contributed by atoms with Crippen LogP contribution < -0.4 is 11.1 Å². The highest BCUT2D eigenvalue weighted by Gasteiger charge is 2.21. The summed E-state index contributed by atoms with van der Waals surface area (Å²) in [6.07, 6.45) is 5.15. The molecule has 1 rings (SSSR count). The zero-order chi connectivity index (χ0) is 9.68. The van der Waals surface area contributed by atoms with E-state index in [1.807, 2.05) is 13.0 Å². The highest BCUT2D eigenvalue weighted by atomic mass is 16.2. The zero-order valence-electron chi connectivity index (χ0n) is 7.99. The molecular formula is C9H17N3O. The predicted octanol–water partition coefficient (Wildman–Crippen LogP) is 0.305. The second-order valence-corrected chi connectivity index (χ2v) is 3.32. The summed E-state index contributed by atoms with van der Waals surface area (Å²) in [7, 11) is 0. The monoisotopic (exact) mass is 183 g/mol. The van der Waals surface area contributed by atoms with Gasteiger partial charge in [-0.2, -0.15) is 0 Å². The molecule has 1 unspecified atom stereocenters. The number of rotatable bonds is 3. The summed E-state index contributed by atoms with van der Waals surface area (Å²) >= 11 is 0. The maximum Gasteiger partial charge on any atom is 0.312 e. The van der Waals surface area contributed by atoms with Gasteiger partial charge < -0.3 is 11.1 Å². The van der Waals surface area contributed by atoms with Gasteiger partial charge in [0.05, 0.1) is 0 Å². The number of urea groups is 1. The van der Waals surface area contributed by atoms with Crippen LogP contribution in [-0.2, 0) is 0 Å². The average molecular weight is 183 g/mol. The maximum atomic E-state index is 10.6. The number of hydrogen-bond donors (Lipinski definition) is 2. The van der Waals surface area contributed by atoms with Crippen LogP contribution in [0.25, 0.3) is 0 Å². The van der Waals surface area contributed by atoms with E-state index < -0.39 is 6.03 Å². The van der Waals surface area contributed by atoms with Crippen LogP contribution in [-0.4, -0.2) is 36.6 Å². The Bertz CT molecular complexity index is 203. The fraction of sp³-hybridized carbons (Fsp3) is 0.667. The first-order chi connectivity index (χ1) is 6.22. The molecule has 0 aliphatic carbocycles. The zero-order valence-corrected chi connectivity index (χ0v) is 7.99. The number of allylic oxidation sites excluding steroid dienone is 1. The minimum absolute atomic E-state index is 0.239. The van der Waals surface area contributed by atoms with E-state index in [0.29, 0.717) is 0 Å². The lowest BCUT2D eigenvalue weighted by Crippen LogP contribution is -2.40. The summed E-state index contributed by atoms with van der Waals surface area (Å²) in [5.74, 6) is 0. The molecule has 0 aromatic carbocycles. The van der Waals surface area contributed by atoms with Gasteiger partial charge in [0.1, 0.15) is 0 Å². The van der Waals surface area contributed by atoms with Crippen molar-refractivity contribution < 1.29 is 4.79 Å². The number of nitrogens with zero attached hydrogens (tertiary/aromatic N) is 1. The minimum atomic E-state index is -0.419. The number of nitrogens with two attached hydrogens (primary N) is 1. The van der Waals surface area contributed by atoms with Crippen LogP contribution in [0.4, 0.5) is 4.79 Å². The van der Waals surface area contributed by atoms with Gasteiger partial charge in [-0.1, -0.05) is 12.2 Å². The van der Waals surface area contributed by atoms with Crippen molar-refractivity contribution in [3.8, 4) is 0 Å². The second kappa shape index (κ2) is 4.87. The molecule has 0 aromatic heterocycles. The predicted molar refractivity (Wildman–Crippen MR) is 52.4 cm³/mol. The van der Waals surface area contributed by atoms with Crippen molar-refractivity contribution in [2.24, 2.45) is 5.73 Å². The second-order valence-electron chi connectivity index (χ2n) is 3.32. The van der Waals surface area contributed by atoms with Crippen molar-refractivity contribution in [3.05, 3.63) is 12.2 Å². The van der Waals surface area contributed by atoms with Crippen molar-refractivity contribution in [1.29, 1.82) is 0 Å². The topological polar surface area (TPSA) is 58.4 Å². The quantitative estimate of drug-likeness (QED) is 0.618. The van der Waals surface area contributed by atoms with Crippen LogP contribution in [0.2, 0.25) is 0 Å². The molecule has 1 saturated heterocycles. The van der Waals surface area contributed by atoms with E-state index in [-0.39, 0.29) is 6.04 Å². The van der Waals surface area contributed by atoms with Crippen molar-refractivity contribution in [3.63, 3.8) is 0 Å². The maximum absolute atomic E-state index is 10.6. The van der Waals surface area contributed by atoms with Crippen LogP contribution in [0.1, 0.15) is 13.3 Å². The van der Waals surface area contributed by atoms with Crippen LogP contribution >= 0.6 is 0 Å². The first-order valence-electron chi connectivity index (χ1n) is 4.62. The van der Waals surface area contributed by atoms with Crippen molar-refractivity contribution in [1.82, 2.24) is 10.2 Å². The van der Waals surface area contributed by atoms with Gasteiger partial charge in [-0.15, -0.1) is 0 Å². The van der Waals surface area contributed by atoms with Gasteiger partial charge in [-0.25, -0.2) is 4.79 Å². The van der Waals surface area contributed by atoms with Crippen LogP contribution in [0.15, 0.2) is 12.2 Å². The lowest BCUT2D eigenvalue weighted by molar-refractivity contribution is 0.245. The van der Waals surface area contributed by atoms with Gasteiger partial charge in [0.2, 0.25) is 0 Å². The molecular weight excluding hydrogens is 166 g/mol. The van der Waals surface area contributed by atoms with Crippen molar-refractivity contribution >= 4 is 6.03 Å². The van der Waals surface area contributed by atoms with E-state index in [1.54, 1.807) is 0 Å². The summed E-state index contributed by atoms with van der Waals surface area (Å²) in [4.78, 5) is 12.8. The Labute approximate surface area is 78.8 Å². The number of carbonyl (C=O) groups excluding carboxylic acids is 1. The van der Waals surface area contributed by atoms with E-state index in [4.69, 9.17) is 5.73 Å². The fourth-order valence-corrected chi connectivity index (χ4v) is 1.57. The van der Waals surface area contributed by atoms with Crippen LogP contribution in [0, 0.1) is 0 Å². The Morgan fingerprint density at radius 3 is 3.15 bits per heavy atom. The van der Waals surface area contributed by atoms with Crippen molar-refractivity contribution in [2.75, 3.05) is 19.6 Å². The smallest absolute Gasteiger partial charge is 0.312 e. The number of amides is 2. The van der Waals surface area contributed by atoms with Gasteiger partial charge in [-0.3, -0.25) is 4.90 Å². The highest BCUT2D eigenvalue weighted by Crippen LogP contribution is 2.08. The molecule has 4 nitrogen and oxygen atoms in total. The number of hydrogen-bond acceptors (Lipinski definition) is 2. The third-order valence-electron chi connectivity index (χ3n) is 2.22. The number of nitrogens with one attached hydrogen (secondary N) is 1. The lowest BCUT2D eigenvalue weighted by atomic mass is 10.3. The molecule has 1 aliphatic rings. The summed E-state index contributed by atoms with van der Waals surface area (Å²) in [5.41, 5.74) is 5.04. The molecule has 0 bridgehead atoms. The molecule has 4 heteroatoms. The van der Waals surface area contributed by atoms with E-state index >= 15 is 0 Å². The molecule has 13 heavy (non-hydrogen) atoms. The van der Waals surface area contributed by atoms with Gasteiger partial charge in [0.25, 0.3) is 0 Å². The molecule has 1 aliphatic heterocycles. The molecule has 1 heterocycles. The van der Waals surface area contributed by atoms with Crippen LogP contribution in [0.5, 0.6) is 0 Å². The Balaban J connectivity index is 2.23. The Morgan fingerprint density at radius 2 is 2.54 bits per heavy atom. The summed E-state index contributed by atoms with van der Waals surface area (Å²) in [6.45, 7) is 4.92. The fourth-order valence-electron chi connectivity index (χ4n) is 1.57. The first-order valence-corrected chi connectivity index (χ1v) is 4.62. The highest BCUT2D eigenvalue weighted by molar-refractivity contribution is 5.72. The molecule has 3 N–H and O–H groups in total. The standard InChI is InChI=1S/C9H17N3O/c1-2-3-5-12-6-4-8(7-12)11-9(10)13/h2-3,8H,4-7H2,1H3,(H3,10,11,13)/b3-2+. The third-order valence-corrected chi connectivity index (χ3v) is 2.22. The summed E-state index contributed by atoms with van der Waals surface area (Å²) in [6, 6.07) is -0.180. The minimum Gasteiger partial charge on any atom is -0.352 e. The summed E-state index contributed by atoms with van der Waals surface area (Å²) < 4.78 is 0. The number of likely N-dealkylation sites (tertiary alicyclic amines) is 1. The number of primary amides is 1. The average Bonchev–Trinajstić information content (AvgIpc) is 2.48. The van der Waals surface area contributed by atoms with Crippen molar-refractivity contribution in [2.45, 2.75) is 19.4 Å². The molecule has 1 atom stereocenters. The molecule has 1 fully saturated rings. The molecule has 0 radical (unpaired) electrons. The van der Waals surface area contributed by atoms with Gasteiger partial charge in [-0.05, 0) is 13.3 Å². The van der Waals surface area contributed by atoms with E-state index in [9.17, 15) is 4.79 Å². The molecule has 0 aromatic rings. The first kappa shape index (κ1) is 10.1. The molecule has 2 amide bonds. The van der Waals surface area contributed by atoms with E-state index in [2.05, 4.69) is 16.3 Å². The van der Waals surface area contributed by atoms with Gasteiger partial charge >= 0.3 is 6.03 Å². The lowest BCUT2D eigenvalue weighted by Gasteiger charge is -2.13. The normalized spacial score (nSPS) is 23.9. The van der Waals surface area contributed by atoms with Crippen LogP contribution in [0.3, 0.4) is 0 Å². The Hall–Kier alpha value is -1.03. The Kier molecular flexibility index (Phi) is 3.76. The molecule has 0 saturated carbocycles. The van der Waals surface area contributed by atoms with Gasteiger partial charge in [0, 0.05) is 25.7 Å². The number of carbonyl (C=O) groups is 1. The van der Waals surface area contributed by atoms with E-state index in [1.165, 1.54) is 0 Å². The van der Waals surface area contributed by atoms with Gasteiger partial charge in [0.15, 0.2) is 0 Å². The largest absolute Gasteiger partial charge is 0.352 e. The Morgan fingerprint density at radius 1 is 1.77 bits per heavy atom. The molecule has 0 spiro atoms. The molecule has 74 valence electrons. The summed E-state index contributed by atoms with van der Waals surface area (Å²) in [5, 5.41) is 2.72.